The number of halogens is 11. The lowest BCUT2D eigenvalue weighted by atomic mass is 9.91. The smallest absolute Gasteiger partial charge is 0.382 e. The third-order valence-electron chi connectivity index (χ3n) is 3.02. The molecular formula is C12H7F11O. The van der Waals surface area contributed by atoms with Crippen LogP contribution in [0.5, 0.6) is 0 Å². The summed E-state index contributed by atoms with van der Waals surface area (Å²) in [4.78, 5) is 0. The molecule has 0 spiro atoms. The maximum absolute atomic E-state index is 13.5. The largest absolute Gasteiger partial charge is 0.460 e. The Balaban J connectivity index is 3.40. The highest BCUT2D eigenvalue weighted by atomic mass is 19.4. The van der Waals surface area contributed by atoms with E-state index in [9.17, 15) is 48.3 Å². The second kappa shape index (κ2) is 5.74. The minimum Gasteiger partial charge on any atom is -0.382 e. The number of alkyl halides is 11. The van der Waals surface area contributed by atoms with Crippen molar-refractivity contribution in [3.05, 3.63) is 35.9 Å². The van der Waals surface area contributed by atoms with Crippen LogP contribution in [-0.2, 0) is 0 Å². The summed E-state index contributed by atoms with van der Waals surface area (Å²) in [6.07, 6.45) is -11.0. The summed E-state index contributed by atoms with van der Waals surface area (Å²) in [5.74, 6) is -28.6. The first kappa shape index (κ1) is 20.5. The minimum atomic E-state index is -7.53. The van der Waals surface area contributed by atoms with Crippen LogP contribution in [0.3, 0.4) is 0 Å². The van der Waals surface area contributed by atoms with E-state index in [1.807, 2.05) is 0 Å². The van der Waals surface area contributed by atoms with Crippen molar-refractivity contribution in [3.63, 3.8) is 0 Å². The maximum Gasteiger partial charge on any atom is 0.460 e. The van der Waals surface area contributed by atoms with Gasteiger partial charge >= 0.3 is 29.9 Å². The number of hydrogen-bond acceptors (Lipinski definition) is 1. The second-order valence-electron chi connectivity index (χ2n) is 4.66. The summed E-state index contributed by atoms with van der Waals surface area (Å²) in [6, 6.07) is 4.10. The van der Waals surface area contributed by atoms with Crippen LogP contribution in [0.15, 0.2) is 30.3 Å². The van der Waals surface area contributed by atoms with Crippen molar-refractivity contribution in [3.8, 4) is 0 Å². The van der Waals surface area contributed by atoms with Gasteiger partial charge in [0.25, 0.3) is 0 Å². The van der Waals surface area contributed by atoms with Crippen molar-refractivity contribution in [2.75, 3.05) is 0 Å². The molecule has 1 N–H and O–H groups in total. The molecule has 0 saturated carbocycles. The van der Waals surface area contributed by atoms with Crippen LogP contribution >= 0.6 is 0 Å². The predicted molar refractivity (Wildman–Crippen MR) is 57.2 cm³/mol. The molecule has 1 aromatic carbocycles. The lowest BCUT2D eigenvalue weighted by Gasteiger charge is -2.38. The normalized spacial score (nSPS) is 16.2. The van der Waals surface area contributed by atoms with Gasteiger partial charge in [-0.2, -0.15) is 48.3 Å². The molecule has 0 heterocycles. The zero-order chi connectivity index (χ0) is 19.2. The Bertz CT molecular complexity index is 564. The zero-order valence-corrected chi connectivity index (χ0v) is 11.1. The van der Waals surface area contributed by atoms with Gasteiger partial charge in [0, 0.05) is 0 Å². The van der Waals surface area contributed by atoms with Gasteiger partial charge in [-0.1, -0.05) is 30.3 Å². The highest BCUT2D eigenvalue weighted by Gasteiger charge is 2.88. The summed E-state index contributed by atoms with van der Waals surface area (Å²) >= 11 is 0. The van der Waals surface area contributed by atoms with Crippen molar-refractivity contribution in [1.29, 1.82) is 0 Å². The van der Waals surface area contributed by atoms with Crippen molar-refractivity contribution < 1.29 is 53.4 Å². The Labute approximate surface area is 126 Å². The average Bonchev–Trinajstić information content (AvgIpc) is 2.45. The van der Waals surface area contributed by atoms with Crippen LogP contribution in [0.1, 0.15) is 11.7 Å². The first-order chi connectivity index (χ1) is 10.5. The lowest BCUT2D eigenvalue weighted by molar-refractivity contribution is -0.429. The fourth-order valence-electron chi connectivity index (χ4n) is 1.60. The Hall–Kier alpha value is -1.59. The summed E-state index contributed by atoms with van der Waals surface area (Å²) in [5.41, 5.74) is -1.09. The Kier molecular flexibility index (Phi) is 4.89. The average molecular weight is 376 g/mol. The molecule has 0 fully saturated rings. The molecule has 0 bridgehead atoms. The molecule has 1 nitrogen and oxygen atoms in total. The first-order valence-corrected chi connectivity index (χ1v) is 5.83. The minimum absolute atomic E-state index is 0.564. The molecule has 0 radical (unpaired) electrons. The van der Waals surface area contributed by atoms with Crippen LogP contribution in [0.25, 0.3) is 0 Å². The Morgan fingerprint density at radius 3 is 1.42 bits per heavy atom. The molecule has 0 saturated heterocycles. The molecule has 0 aliphatic rings. The van der Waals surface area contributed by atoms with Crippen LogP contribution in [0.4, 0.5) is 48.3 Å². The SMILES string of the molecule is O[C@@H](c1ccccc1)C(F)(F)C(F)(F)C(F)(F)C(F)(F)C(F)(F)F. The highest BCUT2D eigenvalue weighted by molar-refractivity contribution is 5.22. The molecule has 0 aliphatic heterocycles. The molecule has 138 valence electrons. The van der Waals surface area contributed by atoms with E-state index < -0.39 is 41.5 Å². The van der Waals surface area contributed by atoms with Crippen molar-refractivity contribution in [1.82, 2.24) is 0 Å². The molecule has 24 heavy (non-hydrogen) atoms. The highest BCUT2D eigenvalue weighted by Crippen LogP contribution is 2.59. The number of rotatable bonds is 5. The number of benzene rings is 1. The topological polar surface area (TPSA) is 20.2 Å². The van der Waals surface area contributed by atoms with Crippen molar-refractivity contribution in [2.45, 2.75) is 36.0 Å². The monoisotopic (exact) mass is 376 g/mol. The van der Waals surface area contributed by atoms with E-state index in [-0.39, 0.29) is 0 Å². The summed E-state index contributed by atoms with van der Waals surface area (Å²) in [7, 11) is 0. The van der Waals surface area contributed by atoms with Crippen LogP contribution < -0.4 is 0 Å². The fraction of sp³-hybridized carbons (Fsp3) is 0.500. The first-order valence-electron chi connectivity index (χ1n) is 5.83. The standard InChI is InChI=1S/C12H7F11O/c13-8(14,7(24)6-4-2-1-3-5-6)9(15,16)10(17,18)11(19,20)12(21,22)23/h1-5,7,24H/t7-/m0/s1. The molecule has 0 amide bonds. The number of hydrogen-bond donors (Lipinski definition) is 1. The Morgan fingerprint density at radius 1 is 0.625 bits per heavy atom. The lowest BCUT2D eigenvalue weighted by Crippen LogP contribution is -2.67. The Morgan fingerprint density at radius 2 is 1.04 bits per heavy atom. The molecule has 1 rings (SSSR count). The van der Waals surface area contributed by atoms with E-state index >= 15 is 0 Å². The van der Waals surface area contributed by atoms with E-state index in [1.54, 1.807) is 0 Å². The third-order valence-corrected chi connectivity index (χ3v) is 3.02. The van der Waals surface area contributed by atoms with Gasteiger partial charge in [0.15, 0.2) is 0 Å². The quantitative estimate of drug-likeness (QED) is 0.731. The van der Waals surface area contributed by atoms with Gasteiger partial charge in [-0.05, 0) is 5.56 Å². The van der Waals surface area contributed by atoms with Gasteiger partial charge < -0.3 is 5.11 Å². The fourth-order valence-corrected chi connectivity index (χ4v) is 1.60. The predicted octanol–water partition coefficient (Wildman–Crippen LogP) is 4.82. The van der Waals surface area contributed by atoms with Crippen LogP contribution in [0.2, 0.25) is 0 Å². The van der Waals surface area contributed by atoms with Gasteiger partial charge in [-0.15, -0.1) is 0 Å². The van der Waals surface area contributed by atoms with Gasteiger partial charge in [0.2, 0.25) is 0 Å². The second-order valence-corrected chi connectivity index (χ2v) is 4.66. The maximum atomic E-state index is 13.5. The number of aliphatic hydroxyl groups is 1. The van der Waals surface area contributed by atoms with Gasteiger partial charge in [-0.25, -0.2) is 0 Å². The summed E-state index contributed by atoms with van der Waals surface area (Å²) < 4.78 is 141. The van der Waals surface area contributed by atoms with Crippen LogP contribution in [0, 0.1) is 0 Å². The molecular weight excluding hydrogens is 369 g/mol. The van der Waals surface area contributed by atoms with Gasteiger partial charge in [0.05, 0.1) is 0 Å². The third kappa shape index (κ3) is 2.80. The van der Waals surface area contributed by atoms with E-state index in [4.69, 9.17) is 5.11 Å². The molecule has 12 heteroatoms. The van der Waals surface area contributed by atoms with E-state index in [2.05, 4.69) is 0 Å². The molecule has 1 atom stereocenters. The van der Waals surface area contributed by atoms with E-state index in [0.717, 1.165) is 18.2 Å². The van der Waals surface area contributed by atoms with E-state index in [1.165, 1.54) is 0 Å². The zero-order valence-electron chi connectivity index (χ0n) is 11.1. The van der Waals surface area contributed by atoms with Gasteiger partial charge in [-0.3, -0.25) is 0 Å². The van der Waals surface area contributed by atoms with Crippen molar-refractivity contribution in [2.24, 2.45) is 0 Å². The molecule has 1 aromatic rings. The summed E-state index contributed by atoms with van der Waals surface area (Å²) in [6.45, 7) is 0. The van der Waals surface area contributed by atoms with E-state index in [0.29, 0.717) is 12.1 Å². The molecule has 0 unspecified atom stereocenters. The molecule has 0 aliphatic carbocycles. The van der Waals surface area contributed by atoms with Gasteiger partial charge in [0.1, 0.15) is 6.10 Å². The summed E-state index contributed by atoms with van der Waals surface area (Å²) in [5, 5.41) is 9.13. The van der Waals surface area contributed by atoms with Crippen LogP contribution in [-0.4, -0.2) is 35.0 Å². The molecule has 0 aromatic heterocycles. The van der Waals surface area contributed by atoms with Crippen molar-refractivity contribution >= 4 is 0 Å². The number of aliphatic hydroxyl groups excluding tert-OH is 1.